The van der Waals surface area contributed by atoms with Gasteiger partial charge in [-0.3, -0.25) is 4.79 Å². The summed E-state index contributed by atoms with van der Waals surface area (Å²) in [6.45, 7) is 3.67. The molecular formula is C21H31ClN6O2. The summed E-state index contributed by atoms with van der Waals surface area (Å²) in [6, 6.07) is 9.02. The Bertz CT molecular complexity index is 793. The van der Waals surface area contributed by atoms with Gasteiger partial charge in [0.1, 0.15) is 5.84 Å². The first-order valence-corrected chi connectivity index (χ1v) is 10.1. The van der Waals surface area contributed by atoms with Crippen molar-refractivity contribution in [2.75, 3.05) is 6.54 Å². The van der Waals surface area contributed by atoms with Crippen molar-refractivity contribution in [1.82, 2.24) is 5.32 Å². The number of nitrogens with two attached hydrogens (primary N) is 3. The summed E-state index contributed by atoms with van der Waals surface area (Å²) in [7, 11) is 0. The van der Waals surface area contributed by atoms with Crippen LogP contribution in [0.4, 0.5) is 5.69 Å². The molecule has 2 rings (SSSR count). The highest BCUT2D eigenvalue weighted by Crippen LogP contribution is 2.24. The molecule has 0 aliphatic heterocycles. The van der Waals surface area contributed by atoms with E-state index in [0.717, 1.165) is 25.7 Å². The third-order valence-corrected chi connectivity index (χ3v) is 4.74. The molecule has 1 aromatic rings. The van der Waals surface area contributed by atoms with Crippen molar-refractivity contribution in [2.45, 2.75) is 51.2 Å². The van der Waals surface area contributed by atoms with E-state index in [4.69, 9.17) is 33.9 Å². The molecule has 30 heavy (non-hydrogen) atoms. The fourth-order valence-corrected chi connectivity index (χ4v) is 2.79. The summed E-state index contributed by atoms with van der Waals surface area (Å²) >= 11 is 5.82. The Morgan fingerprint density at radius 2 is 1.90 bits per heavy atom. The first kappa shape index (κ1) is 25.4. The number of primary amides is 1. The predicted molar refractivity (Wildman–Crippen MR) is 120 cm³/mol. The van der Waals surface area contributed by atoms with Gasteiger partial charge >= 0.3 is 0 Å². The normalized spacial score (nSPS) is 19.9. The number of carbonyl (C=O) groups excluding carboxylic acids is 1. The third kappa shape index (κ3) is 9.27. The summed E-state index contributed by atoms with van der Waals surface area (Å²) in [5, 5.41) is 21.6. The Morgan fingerprint density at radius 1 is 1.33 bits per heavy atom. The van der Waals surface area contributed by atoms with Crippen LogP contribution in [0.5, 0.6) is 0 Å². The molecule has 8 nitrogen and oxygen atoms in total. The zero-order chi connectivity index (χ0) is 22.7. The van der Waals surface area contributed by atoms with Crippen LogP contribution >= 0.6 is 11.6 Å². The molecule has 0 bridgehead atoms. The second-order valence-electron chi connectivity index (χ2n) is 7.71. The van der Waals surface area contributed by atoms with E-state index in [1.165, 1.54) is 6.20 Å². The van der Waals surface area contributed by atoms with Gasteiger partial charge in [0.05, 0.1) is 28.8 Å². The van der Waals surface area contributed by atoms with Gasteiger partial charge in [-0.15, -0.1) is 0 Å². The lowest BCUT2D eigenvalue weighted by Gasteiger charge is -2.27. The number of amidine groups is 1. The molecule has 164 valence electrons. The van der Waals surface area contributed by atoms with Gasteiger partial charge in [0.15, 0.2) is 0 Å². The van der Waals surface area contributed by atoms with Crippen LogP contribution in [-0.4, -0.2) is 35.0 Å². The number of amides is 1. The fourth-order valence-electron chi connectivity index (χ4n) is 2.66. The zero-order valence-corrected chi connectivity index (χ0v) is 18.2. The van der Waals surface area contributed by atoms with Crippen molar-refractivity contribution >= 4 is 29.0 Å². The molecule has 0 heterocycles. The number of benzene rings is 1. The van der Waals surface area contributed by atoms with Gasteiger partial charge in [0, 0.05) is 23.8 Å². The lowest BCUT2D eigenvalue weighted by atomic mass is 9.85. The van der Waals surface area contributed by atoms with E-state index in [9.17, 15) is 10.1 Å². The lowest BCUT2D eigenvalue weighted by Crippen LogP contribution is -2.37. The maximum Gasteiger partial charge on any atom is 0.253 e. The van der Waals surface area contributed by atoms with E-state index in [1.54, 1.807) is 38.1 Å². The Kier molecular flexibility index (Phi) is 10.3. The van der Waals surface area contributed by atoms with Crippen molar-refractivity contribution in [3.63, 3.8) is 0 Å². The molecule has 0 aromatic heterocycles. The number of hydrogen-bond acceptors (Lipinski definition) is 6. The predicted octanol–water partition coefficient (Wildman–Crippen LogP) is 2.09. The highest BCUT2D eigenvalue weighted by molar-refractivity contribution is 6.30. The van der Waals surface area contributed by atoms with Crippen molar-refractivity contribution in [3.8, 4) is 6.07 Å². The largest absolute Gasteiger partial charge is 0.389 e. The topological polar surface area (TPSA) is 164 Å². The molecule has 0 spiro atoms. The van der Waals surface area contributed by atoms with Crippen LogP contribution in [-0.2, 0) is 4.79 Å². The van der Waals surface area contributed by atoms with Crippen molar-refractivity contribution in [1.29, 1.82) is 5.26 Å². The van der Waals surface area contributed by atoms with Gasteiger partial charge in [0.2, 0.25) is 0 Å². The second-order valence-corrected chi connectivity index (χ2v) is 8.14. The first-order chi connectivity index (χ1) is 14.1. The summed E-state index contributed by atoms with van der Waals surface area (Å²) in [6.07, 6.45) is 5.28. The number of aliphatic imine (C=N–C) groups is 1. The zero-order valence-electron chi connectivity index (χ0n) is 17.4. The summed E-state index contributed by atoms with van der Waals surface area (Å²) < 4.78 is 0. The van der Waals surface area contributed by atoms with E-state index < -0.39 is 11.5 Å². The van der Waals surface area contributed by atoms with Gasteiger partial charge in [-0.05, 0) is 51.0 Å². The molecule has 1 unspecified atom stereocenters. The Morgan fingerprint density at radius 3 is 2.40 bits per heavy atom. The highest BCUT2D eigenvalue weighted by atomic mass is 35.5. The quantitative estimate of drug-likeness (QED) is 0.261. The maximum atomic E-state index is 11.7. The van der Waals surface area contributed by atoms with Gasteiger partial charge in [-0.2, -0.15) is 5.26 Å². The van der Waals surface area contributed by atoms with E-state index >= 15 is 0 Å². The SMILES string of the molecule is CC(C)(O)CN.N#CC1CCCC[C@@H]1N/C=C(/C(N)=O)C(N)=Nc1ccc(Cl)cc1. The summed E-state index contributed by atoms with van der Waals surface area (Å²) in [5.41, 5.74) is 16.3. The third-order valence-electron chi connectivity index (χ3n) is 4.49. The molecular weight excluding hydrogens is 404 g/mol. The van der Waals surface area contributed by atoms with Crippen molar-refractivity contribution < 1.29 is 9.90 Å². The minimum absolute atomic E-state index is 0.0126. The molecule has 1 amide bonds. The van der Waals surface area contributed by atoms with Crippen LogP contribution in [0.1, 0.15) is 39.5 Å². The molecule has 9 heteroatoms. The van der Waals surface area contributed by atoms with Gasteiger partial charge in [0.25, 0.3) is 5.91 Å². The minimum atomic E-state index is -0.681. The van der Waals surface area contributed by atoms with Crippen molar-refractivity contribution in [2.24, 2.45) is 28.1 Å². The van der Waals surface area contributed by atoms with E-state index in [2.05, 4.69) is 16.4 Å². The molecule has 1 aromatic carbocycles. The maximum absolute atomic E-state index is 11.7. The van der Waals surface area contributed by atoms with Crippen LogP contribution in [0.15, 0.2) is 41.0 Å². The lowest BCUT2D eigenvalue weighted by molar-refractivity contribution is -0.114. The molecule has 8 N–H and O–H groups in total. The Hall–Kier alpha value is -2.60. The highest BCUT2D eigenvalue weighted by Gasteiger charge is 2.24. The molecule has 0 radical (unpaired) electrons. The molecule has 2 atom stereocenters. The van der Waals surface area contributed by atoms with Crippen LogP contribution in [0.25, 0.3) is 0 Å². The standard InChI is InChI=1S/C17H20ClN5O.C4H11NO/c18-12-5-7-13(8-6-12)23-16(20)14(17(21)24)10-22-15-4-2-1-3-11(15)9-19;1-4(2,6)3-5/h5-8,10-11,15,22H,1-4H2,(H2,20,23)(H2,21,24);6H,3,5H2,1-2H3/b14-10+;/t11?,15-;/m0./s1. The van der Waals surface area contributed by atoms with Gasteiger partial charge in [-0.1, -0.05) is 24.4 Å². The Balaban J connectivity index is 0.000000656. The van der Waals surface area contributed by atoms with Gasteiger partial charge in [-0.25, -0.2) is 4.99 Å². The number of hydrogen-bond donors (Lipinski definition) is 5. The molecule has 1 aliphatic rings. The van der Waals surface area contributed by atoms with Crippen LogP contribution in [0.3, 0.4) is 0 Å². The summed E-state index contributed by atoms with van der Waals surface area (Å²) in [4.78, 5) is 15.9. The molecule has 1 fully saturated rings. The van der Waals surface area contributed by atoms with Crippen LogP contribution in [0.2, 0.25) is 5.02 Å². The number of carbonyl (C=O) groups is 1. The van der Waals surface area contributed by atoms with Crippen molar-refractivity contribution in [3.05, 3.63) is 41.1 Å². The Labute approximate surface area is 182 Å². The number of aliphatic hydroxyl groups is 1. The van der Waals surface area contributed by atoms with Gasteiger partial charge < -0.3 is 27.6 Å². The average molecular weight is 435 g/mol. The van der Waals surface area contributed by atoms with Crippen LogP contribution in [0, 0.1) is 17.2 Å². The minimum Gasteiger partial charge on any atom is -0.389 e. The fraction of sp³-hybridized carbons (Fsp3) is 0.476. The van der Waals surface area contributed by atoms with E-state index in [0.29, 0.717) is 17.3 Å². The van der Waals surface area contributed by atoms with E-state index in [1.807, 2.05) is 0 Å². The summed E-state index contributed by atoms with van der Waals surface area (Å²) in [5.74, 6) is -0.748. The average Bonchev–Trinajstić information content (AvgIpc) is 2.70. The molecule has 1 aliphatic carbocycles. The number of nitrogens with one attached hydrogen (secondary N) is 1. The second kappa shape index (κ2) is 12.2. The monoisotopic (exact) mass is 434 g/mol. The number of nitrogens with zero attached hydrogens (tertiary/aromatic N) is 2. The van der Waals surface area contributed by atoms with Crippen LogP contribution < -0.4 is 22.5 Å². The molecule has 1 saturated carbocycles. The first-order valence-electron chi connectivity index (χ1n) is 9.75. The number of rotatable bonds is 6. The number of halogens is 1. The number of nitriles is 1. The smallest absolute Gasteiger partial charge is 0.253 e. The van der Waals surface area contributed by atoms with E-state index in [-0.39, 0.29) is 23.4 Å². The molecule has 0 saturated heterocycles.